The minimum Gasteiger partial charge on any atom is -0.339 e. The Bertz CT molecular complexity index is 608. The molecular weight excluding hydrogens is 370 g/mol. The van der Waals surface area contributed by atoms with Gasteiger partial charge in [0.2, 0.25) is 5.91 Å². The van der Waals surface area contributed by atoms with Gasteiger partial charge in [0, 0.05) is 37.5 Å². The van der Waals surface area contributed by atoms with Crippen molar-refractivity contribution in [2.75, 3.05) is 39.3 Å². The molecule has 1 N–H and O–H groups in total. The van der Waals surface area contributed by atoms with Crippen LogP contribution in [-0.2, 0) is 4.79 Å². The number of carbonyl (C=O) groups is 2. The van der Waals surface area contributed by atoms with E-state index in [0.717, 1.165) is 22.8 Å². The molecule has 3 heterocycles. The predicted molar refractivity (Wildman–Crippen MR) is 108 cm³/mol. The maximum absolute atomic E-state index is 12.6. The summed E-state index contributed by atoms with van der Waals surface area (Å²) in [5.41, 5.74) is 0. The summed E-state index contributed by atoms with van der Waals surface area (Å²) in [6.07, 6.45) is 3.07. The summed E-state index contributed by atoms with van der Waals surface area (Å²) >= 11 is 1.54. The first-order valence-electron chi connectivity index (χ1n) is 9.39. The topological polar surface area (TPSA) is 52.7 Å². The summed E-state index contributed by atoms with van der Waals surface area (Å²) in [6, 6.07) is 3.89. The first kappa shape index (κ1) is 21.2. The van der Waals surface area contributed by atoms with Crippen LogP contribution < -0.4 is 5.32 Å². The average molecular weight is 400 g/mol. The largest absolute Gasteiger partial charge is 0.339 e. The van der Waals surface area contributed by atoms with E-state index in [0.29, 0.717) is 44.4 Å². The monoisotopic (exact) mass is 399 g/mol. The van der Waals surface area contributed by atoms with Crippen LogP contribution in [0.5, 0.6) is 0 Å². The van der Waals surface area contributed by atoms with Crippen LogP contribution in [-0.4, -0.2) is 60.9 Å². The van der Waals surface area contributed by atoms with Gasteiger partial charge in [0.15, 0.2) is 0 Å². The molecule has 7 heteroatoms. The maximum Gasteiger partial charge on any atom is 0.264 e. The van der Waals surface area contributed by atoms with Crippen molar-refractivity contribution in [3.8, 4) is 0 Å². The van der Waals surface area contributed by atoms with E-state index in [9.17, 15) is 9.59 Å². The van der Waals surface area contributed by atoms with Crippen LogP contribution in [0.1, 0.15) is 40.7 Å². The lowest BCUT2D eigenvalue weighted by atomic mass is 9.85. The van der Waals surface area contributed by atoms with Crippen LogP contribution in [0.25, 0.3) is 0 Å². The van der Waals surface area contributed by atoms with E-state index in [4.69, 9.17) is 0 Å². The van der Waals surface area contributed by atoms with Gasteiger partial charge in [-0.3, -0.25) is 9.59 Å². The molecule has 2 aliphatic heterocycles. The number of aryl methyl sites for hydroxylation is 1. The molecule has 2 saturated heterocycles. The van der Waals surface area contributed by atoms with Crippen molar-refractivity contribution in [2.45, 2.75) is 33.1 Å². The van der Waals surface area contributed by atoms with Gasteiger partial charge < -0.3 is 15.1 Å². The number of nitrogens with one attached hydrogen (secondary N) is 1. The molecule has 2 amide bonds. The summed E-state index contributed by atoms with van der Waals surface area (Å²) in [5.74, 6) is 1.39. The van der Waals surface area contributed by atoms with E-state index in [-0.39, 0.29) is 24.2 Å². The number of piperidine rings is 1. The van der Waals surface area contributed by atoms with Crippen LogP contribution >= 0.6 is 23.7 Å². The summed E-state index contributed by atoms with van der Waals surface area (Å²) < 4.78 is 0. The first-order chi connectivity index (χ1) is 12.0. The van der Waals surface area contributed by atoms with Gasteiger partial charge in [-0.2, -0.15) is 0 Å². The highest BCUT2D eigenvalue weighted by atomic mass is 35.5. The van der Waals surface area contributed by atoms with Crippen molar-refractivity contribution in [1.82, 2.24) is 15.1 Å². The molecule has 3 rings (SSSR count). The van der Waals surface area contributed by atoms with Crippen LogP contribution in [0.15, 0.2) is 12.1 Å². The van der Waals surface area contributed by atoms with Gasteiger partial charge in [0.25, 0.3) is 5.91 Å². The average Bonchev–Trinajstić information content (AvgIpc) is 3.08. The molecule has 1 aromatic heterocycles. The Balaban J connectivity index is 0.00000243. The quantitative estimate of drug-likeness (QED) is 0.846. The van der Waals surface area contributed by atoms with E-state index in [1.54, 1.807) is 11.3 Å². The zero-order valence-corrected chi connectivity index (χ0v) is 17.3. The number of hydrogen-bond donors (Lipinski definition) is 1. The Kier molecular flexibility index (Phi) is 7.92. The van der Waals surface area contributed by atoms with Crippen molar-refractivity contribution in [1.29, 1.82) is 0 Å². The second-order valence-corrected chi connectivity index (χ2v) is 8.66. The van der Waals surface area contributed by atoms with E-state index in [1.165, 1.54) is 12.8 Å². The third-order valence-corrected chi connectivity index (χ3v) is 6.50. The molecule has 2 unspecified atom stereocenters. The van der Waals surface area contributed by atoms with Crippen molar-refractivity contribution >= 4 is 35.6 Å². The number of hydrogen-bond acceptors (Lipinski definition) is 4. The van der Waals surface area contributed by atoms with Crippen molar-refractivity contribution in [2.24, 2.45) is 11.8 Å². The van der Waals surface area contributed by atoms with Crippen LogP contribution in [0, 0.1) is 18.8 Å². The lowest BCUT2D eigenvalue weighted by Gasteiger charge is -2.36. The summed E-state index contributed by atoms with van der Waals surface area (Å²) in [5, 5.41) is 3.44. The number of rotatable bonds is 4. The van der Waals surface area contributed by atoms with E-state index >= 15 is 0 Å². The van der Waals surface area contributed by atoms with Gasteiger partial charge in [-0.15, -0.1) is 23.7 Å². The zero-order chi connectivity index (χ0) is 17.8. The molecule has 2 fully saturated rings. The number of carbonyl (C=O) groups excluding carboxylic acids is 2. The van der Waals surface area contributed by atoms with Gasteiger partial charge in [-0.1, -0.05) is 6.92 Å². The highest BCUT2D eigenvalue weighted by Crippen LogP contribution is 2.24. The number of thiophene rings is 1. The second kappa shape index (κ2) is 9.72. The van der Waals surface area contributed by atoms with Crippen molar-refractivity contribution < 1.29 is 9.59 Å². The van der Waals surface area contributed by atoms with Crippen molar-refractivity contribution in [3.63, 3.8) is 0 Å². The number of amides is 2. The molecule has 0 radical (unpaired) electrons. The SMILES string of the molecule is Cc1ccc(C(=O)N2CCN(C(=O)CC(C)C3CCCNC3)CC2)s1.Cl. The fourth-order valence-electron chi connectivity index (χ4n) is 3.80. The molecule has 2 aliphatic rings. The number of halogens is 1. The molecule has 0 saturated carbocycles. The Hall–Kier alpha value is -1.11. The van der Waals surface area contributed by atoms with E-state index in [2.05, 4.69) is 12.2 Å². The minimum absolute atomic E-state index is 0. The first-order valence-corrected chi connectivity index (χ1v) is 10.2. The van der Waals surface area contributed by atoms with E-state index < -0.39 is 0 Å². The third-order valence-electron chi connectivity index (χ3n) is 5.51. The van der Waals surface area contributed by atoms with Crippen LogP contribution in [0.2, 0.25) is 0 Å². The molecule has 146 valence electrons. The van der Waals surface area contributed by atoms with Crippen molar-refractivity contribution in [3.05, 3.63) is 21.9 Å². The molecule has 26 heavy (non-hydrogen) atoms. The molecule has 0 spiro atoms. The normalized spacial score (nSPS) is 21.8. The fourth-order valence-corrected chi connectivity index (χ4v) is 4.64. The molecule has 1 aromatic rings. The molecule has 0 bridgehead atoms. The third kappa shape index (κ3) is 5.21. The molecular formula is C19H30ClN3O2S. The van der Waals surface area contributed by atoms with Gasteiger partial charge in [0.1, 0.15) is 0 Å². The van der Waals surface area contributed by atoms with Crippen LogP contribution in [0.3, 0.4) is 0 Å². The Morgan fingerprint density at radius 3 is 2.50 bits per heavy atom. The highest BCUT2D eigenvalue weighted by Gasteiger charge is 2.28. The second-order valence-electron chi connectivity index (χ2n) is 7.37. The van der Waals surface area contributed by atoms with Crippen LogP contribution in [0.4, 0.5) is 0 Å². The molecule has 2 atom stereocenters. The lowest BCUT2D eigenvalue weighted by molar-refractivity contribution is -0.134. The standard InChI is InChI=1S/C19H29N3O2S.ClH/c1-14(16-4-3-7-20-13-16)12-18(23)21-8-10-22(11-9-21)19(24)17-6-5-15(2)25-17;/h5-6,14,16,20H,3-4,7-13H2,1-2H3;1H. The lowest BCUT2D eigenvalue weighted by Crippen LogP contribution is -2.51. The smallest absolute Gasteiger partial charge is 0.264 e. The van der Waals surface area contributed by atoms with Gasteiger partial charge >= 0.3 is 0 Å². The summed E-state index contributed by atoms with van der Waals surface area (Å²) in [7, 11) is 0. The Labute approximate surface area is 166 Å². The van der Waals surface area contributed by atoms with Gasteiger partial charge in [0.05, 0.1) is 4.88 Å². The molecule has 0 aliphatic carbocycles. The molecule has 0 aromatic carbocycles. The molecule has 5 nitrogen and oxygen atoms in total. The number of piperazine rings is 1. The Morgan fingerprint density at radius 2 is 1.92 bits per heavy atom. The van der Waals surface area contributed by atoms with Gasteiger partial charge in [-0.25, -0.2) is 0 Å². The highest BCUT2D eigenvalue weighted by molar-refractivity contribution is 7.13. The summed E-state index contributed by atoms with van der Waals surface area (Å²) in [6.45, 7) is 8.96. The van der Waals surface area contributed by atoms with E-state index in [1.807, 2.05) is 28.9 Å². The fraction of sp³-hybridized carbons (Fsp3) is 0.684. The summed E-state index contributed by atoms with van der Waals surface area (Å²) in [4.78, 5) is 30.9. The van der Waals surface area contributed by atoms with Gasteiger partial charge in [-0.05, 0) is 56.8 Å². The Morgan fingerprint density at radius 1 is 1.23 bits per heavy atom. The number of nitrogens with zero attached hydrogens (tertiary/aromatic N) is 2. The predicted octanol–water partition coefficient (Wildman–Crippen LogP) is 2.79. The zero-order valence-electron chi connectivity index (χ0n) is 15.7. The maximum atomic E-state index is 12.6. The minimum atomic E-state index is 0.